The Morgan fingerprint density at radius 1 is 1.00 bits per heavy atom. The number of anilines is 2. The zero-order chi connectivity index (χ0) is 19.1. The lowest BCUT2D eigenvalue weighted by Crippen LogP contribution is -2.43. The maximum Gasteiger partial charge on any atom is 0.225 e. The number of hydrogen-bond donors (Lipinski definition) is 0. The van der Waals surface area contributed by atoms with Crippen LogP contribution >= 0.6 is 0 Å². The molecular weight excluding hydrogens is 363 g/mol. The molecule has 2 aromatic rings. The Bertz CT molecular complexity index is 873. The lowest BCUT2D eigenvalue weighted by molar-refractivity contribution is 0.0550. The first-order chi connectivity index (χ1) is 13.6. The number of rotatable bonds is 2. The Balaban J connectivity index is 1.49. The van der Waals surface area contributed by atoms with Crippen LogP contribution in [0.25, 0.3) is 0 Å². The average Bonchev–Trinajstić information content (AvgIpc) is 3.14. The number of halogens is 1. The van der Waals surface area contributed by atoms with Gasteiger partial charge in [0.1, 0.15) is 0 Å². The average molecular weight is 386 g/mol. The summed E-state index contributed by atoms with van der Waals surface area (Å²) >= 11 is 0. The van der Waals surface area contributed by atoms with E-state index in [9.17, 15) is 4.39 Å². The number of fused-ring (bicyclic) bond motifs is 2. The van der Waals surface area contributed by atoms with E-state index < -0.39 is 5.82 Å². The first kappa shape index (κ1) is 17.7. The molecule has 0 N–H and O–H groups in total. The maximum atomic E-state index is 13.2. The van der Waals surface area contributed by atoms with Crippen LogP contribution < -0.4 is 9.80 Å². The van der Waals surface area contributed by atoms with Crippen LogP contribution in [0.5, 0.6) is 0 Å². The van der Waals surface area contributed by atoms with Crippen molar-refractivity contribution in [3.63, 3.8) is 0 Å². The van der Waals surface area contributed by atoms with Crippen molar-refractivity contribution in [1.82, 2.24) is 19.9 Å². The summed E-state index contributed by atoms with van der Waals surface area (Å²) in [5, 5.41) is 0. The highest BCUT2D eigenvalue weighted by atomic mass is 19.1. The van der Waals surface area contributed by atoms with E-state index in [0.29, 0.717) is 38.9 Å². The van der Waals surface area contributed by atoms with Gasteiger partial charge >= 0.3 is 0 Å². The number of ether oxygens (including phenoxy) is 2. The summed E-state index contributed by atoms with van der Waals surface area (Å²) in [5.41, 5.74) is 2.92. The molecule has 3 aliphatic rings. The fourth-order valence-electron chi connectivity index (χ4n) is 4.34. The Morgan fingerprint density at radius 2 is 1.79 bits per heavy atom. The van der Waals surface area contributed by atoms with E-state index in [4.69, 9.17) is 19.4 Å². The third-order valence-corrected chi connectivity index (χ3v) is 5.87. The number of nitrogens with zero attached hydrogens (tertiary/aromatic N) is 6. The fourth-order valence-corrected chi connectivity index (χ4v) is 4.34. The van der Waals surface area contributed by atoms with Crippen LogP contribution in [0.3, 0.4) is 0 Å². The molecule has 2 fully saturated rings. The fraction of sp³-hybridized carbons (Fsp3) is 0.579. The molecule has 1 spiro atoms. The maximum absolute atomic E-state index is 13.2. The van der Waals surface area contributed by atoms with Gasteiger partial charge in [0.2, 0.25) is 11.9 Å². The molecule has 0 saturated carbocycles. The Morgan fingerprint density at radius 3 is 2.57 bits per heavy atom. The van der Waals surface area contributed by atoms with Gasteiger partial charge in [-0.1, -0.05) is 0 Å². The minimum Gasteiger partial charge on any atom is -0.378 e. The third kappa shape index (κ3) is 2.98. The predicted molar refractivity (Wildman–Crippen MR) is 100.0 cm³/mol. The van der Waals surface area contributed by atoms with E-state index in [1.807, 2.05) is 6.92 Å². The van der Waals surface area contributed by atoms with E-state index in [1.165, 1.54) is 12.4 Å². The predicted octanol–water partition coefficient (Wildman–Crippen LogP) is 1.23. The van der Waals surface area contributed by atoms with E-state index in [0.717, 1.165) is 49.0 Å². The zero-order valence-electron chi connectivity index (χ0n) is 15.9. The standard InChI is InChI=1S/C19H23FN6O2/c1-13-15-10-28-12-19(2-3-26(11-19)17-21-8-14(20)9-22-17)16(15)24-18(23-13)25-4-6-27-7-5-25/h8-9H,2-7,10-12H2,1H3/t19-/m0/s1. The Labute approximate surface area is 162 Å². The van der Waals surface area contributed by atoms with Gasteiger partial charge in [-0.2, -0.15) is 0 Å². The molecule has 2 aromatic heterocycles. The quantitative estimate of drug-likeness (QED) is 0.763. The normalized spacial score (nSPS) is 24.6. The molecule has 8 nitrogen and oxygen atoms in total. The second-order valence-electron chi connectivity index (χ2n) is 7.68. The highest BCUT2D eigenvalue weighted by Gasteiger charge is 2.46. The molecule has 2 saturated heterocycles. The Hall–Kier alpha value is -2.39. The van der Waals surface area contributed by atoms with Gasteiger partial charge in [0.25, 0.3) is 0 Å². The molecule has 9 heteroatoms. The second kappa shape index (κ2) is 6.89. The van der Waals surface area contributed by atoms with Gasteiger partial charge in [0.05, 0.1) is 49.9 Å². The second-order valence-corrected chi connectivity index (χ2v) is 7.68. The molecule has 5 heterocycles. The molecule has 3 aliphatic heterocycles. The van der Waals surface area contributed by atoms with Gasteiger partial charge < -0.3 is 19.3 Å². The van der Waals surface area contributed by atoms with Crippen molar-refractivity contribution in [1.29, 1.82) is 0 Å². The molecule has 0 bridgehead atoms. The number of aryl methyl sites for hydroxylation is 1. The summed E-state index contributed by atoms with van der Waals surface area (Å²) in [6, 6.07) is 0. The molecule has 28 heavy (non-hydrogen) atoms. The third-order valence-electron chi connectivity index (χ3n) is 5.87. The molecule has 5 rings (SSSR count). The lowest BCUT2D eigenvalue weighted by Gasteiger charge is -2.36. The highest BCUT2D eigenvalue weighted by Crippen LogP contribution is 2.41. The SMILES string of the molecule is Cc1nc(N2CCOCC2)nc2c1COC[C@@]21CCN(c2ncc(F)cn2)C1. The van der Waals surface area contributed by atoms with Gasteiger partial charge in [-0.05, 0) is 13.3 Å². The van der Waals surface area contributed by atoms with Crippen LogP contribution in [-0.4, -0.2) is 65.9 Å². The topological polar surface area (TPSA) is 76.5 Å². The molecule has 0 aromatic carbocycles. The van der Waals surface area contributed by atoms with Crippen molar-refractivity contribution in [2.45, 2.75) is 25.4 Å². The van der Waals surface area contributed by atoms with Crippen molar-refractivity contribution in [3.05, 3.63) is 35.2 Å². The number of aromatic nitrogens is 4. The highest BCUT2D eigenvalue weighted by molar-refractivity contribution is 5.45. The molecule has 0 aliphatic carbocycles. The summed E-state index contributed by atoms with van der Waals surface area (Å²) in [4.78, 5) is 22.3. The van der Waals surface area contributed by atoms with Crippen LogP contribution in [0.15, 0.2) is 12.4 Å². The lowest BCUT2D eigenvalue weighted by atomic mass is 9.80. The van der Waals surface area contributed by atoms with Gasteiger partial charge in [-0.25, -0.2) is 24.3 Å². The minimum absolute atomic E-state index is 0.222. The van der Waals surface area contributed by atoms with Gasteiger partial charge in [0.15, 0.2) is 5.82 Å². The van der Waals surface area contributed by atoms with Gasteiger partial charge in [0, 0.05) is 37.4 Å². The van der Waals surface area contributed by atoms with Crippen molar-refractivity contribution < 1.29 is 13.9 Å². The molecular formula is C19H23FN6O2. The number of hydrogen-bond acceptors (Lipinski definition) is 8. The van der Waals surface area contributed by atoms with Crippen molar-refractivity contribution in [2.75, 3.05) is 55.8 Å². The number of morpholine rings is 1. The minimum atomic E-state index is -0.428. The summed E-state index contributed by atoms with van der Waals surface area (Å²) in [6.07, 6.45) is 3.31. The Kier molecular flexibility index (Phi) is 4.36. The van der Waals surface area contributed by atoms with Gasteiger partial charge in [-0.15, -0.1) is 0 Å². The molecule has 1 atom stereocenters. The van der Waals surface area contributed by atoms with Crippen LogP contribution in [0, 0.1) is 12.7 Å². The van der Waals surface area contributed by atoms with Crippen LogP contribution in [0.4, 0.5) is 16.3 Å². The van der Waals surface area contributed by atoms with Crippen LogP contribution in [0.2, 0.25) is 0 Å². The van der Waals surface area contributed by atoms with Crippen LogP contribution in [0.1, 0.15) is 23.4 Å². The van der Waals surface area contributed by atoms with Crippen molar-refractivity contribution >= 4 is 11.9 Å². The van der Waals surface area contributed by atoms with E-state index in [1.54, 1.807) is 0 Å². The van der Waals surface area contributed by atoms with E-state index >= 15 is 0 Å². The first-order valence-corrected chi connectivity index (χ1v) is 9.66. The van der Waals surface area contributed by atoms with E-state index in [2.05, 4.69) is 19.8 Å². The molecule has 0 amide bonds. The largest absolute Gasteiger partial charge is 0.378 e. The summed E-state index contributed by atoms with van der Waals surface area (Å²) in [6.45, 7) is 7.66. The monoisotopic (exact) mass is 386 g/mol. The summed E-state index contributed by atoms with van der Waals surface area (Å²) < 4.78 is 24.6. The van der Waals surface area contributed by atoms with Crippen molar-refractivity contribution in [2.24, 2.45) is 0 Å². The molecule has 148 valence electrons. The van der Waals surface area contributed by atoms with Crippen molar-refractivity contribution in [3.8, 4) is 0 Å². The molecule has 0 unspecified atom stereocenters. The first-order valence-electron chi connectivity index (χ1n) is 9.66. The molecule has 0 radical (unpaired) electrons. The smallest absolute Gasteiger partial charge is 0.225 e. The van der Waals surface area contributed by atoms with E-state index in [-0.39, 0.29) is 5.41 Å². The summed E-state index contributed by atoms with van der Waals surface area (Å²) in [7, 11) is 0. The summed E-state index contributed by atoms with van der Waals surface area (Å²) in [5.74, 6) is 0.893. The zero-order valence-corrected chi connectivity index (χ0v) is 15.9. The van der Waals surface area contributed by atoms with Crippen LogP contribution in [-0.2, 0) is 21.5 Å². The van der Waals surface area contributed by atoms with Gasteiger partial charge in [-0.3, -0.25) is 0 Å².